The van der Waals surface area contributed by atoms with Crippen molar-refractivity contribution in [2.45, 2.75) is 16.7 Å². The Kier molecular flexibility index (Phi) is 7.19. The summed E-state index contributed by atoms with van der Waals surface area (Å²) in [4.78, 5) is 10.1. The number of hydrogen-bond donors (Lipinski definition) is 0. The van der Waals surface area contributed by atoms with Crippen LogP contribution in [-0.4, -0.2) is 26.0 Å². The van der Waals surface area contributed by atoms with Crippen LogP contribution in [-0.2, 0) is 23.9 Å². The van der Waals surface area contributed by atoms with Crippen LogP contribution in [0.1, 0.15) is 6.92 Å². The fourth-order valence-corrected chi connectivity index (χ4v) is 3.46. The van der Waals surface area contributed by atoms with Gasteiger partial charge in [-0.2, -0.15) is 8.42 Å². The number of nitrogens with zero attached hydrogens (tertiary/aromatic N) is 1. The van der Waals surface area contributed by atoms with Gasteiger partial charge in [0.15, 0.2) is 28.2 Å². The lowest BCUT2D eigenvalue weighted by atomic mass is 10.3. The molecule has 0 N–H and O–H groups in total. The maximum absolute atomic E-state index is 13.7. The normalized spacial score (nSPS) is 12.0. The van der Waals surface area contributed by atoms with Crippen LogP contribution < -0.4 is 0 Å². The summed E-state index contributed by atoms with van der Waals surface area (Å²) in [6.45, 7) is 1.31. The van der Waals surface area contributed by atoms with Crippen molar-refractivity contribution in [3.63, 3.8) is 0 Å². The fourth-order valence-electron chi connectivity index (χ4n) is 1.82. The Morgan fingerprint density at radius 1 is 0.966 bits per heavy atom. The number of carbonyl (C=O) groups is 1. The van der Waals surface area contributed by atoms with E-state index in [2.05, 4.69) is 14.2 Å². The Hall–Kier alpha value is -2.67. The molecule has 0 saturated carbocycles. The Morgan fingerprint density at radius 2 is 1.48 bits per heavy atom. The first-order valence-corrected chi connectivity index (χ1v) is 9.75. The van der Waals surface area contributed by atoms with E-state index in [1.54, 1.807) is 18.2 Å². The van der Waals surface area contributed by atoms with Gasteiger partial charge in [0.05, 0.1) is 6.61 Å². The third kappa shape index (κ3) is 5.03. The average molecular weight is 455 g/mol. The van der Waals surface area contributed by atoms with Crippen molar-refractivity contribution in [1.82, 2.24) is 0 Å². The molecule has 0 aliphatic carbocycles. The predicted molar refractivity (Wildman–Crippen MR) is 90.9 cm³/mol. The van der Waals surface area contributed by atoms with Gasteiger partial charge in [0, 0.05) is 4.90 Å². The molecule has 0 heterocycles. The van der Waals surface area contributed by atoms with Crippen LogP contribution in [0.15, 0.2) is 45.3 Å². The van der Waals surface area contributed by atoms with E-state index in [0.29, 0.717) is 16.7 Å². The van der Waals surface area contributed by atoms with Gasteiger partial charge in [-0.15, -0.1) is 0 Å². The largest absolute Gasteiger partial charge is 0.461 e. The summed E-state index contributed by atoms with van der Waals surface area (Å²) in [6.07, 6.45) is 0. The molecule has 0 aliphatic rings. The molecule has 2 aromatic carbocycles. The molecule has 0 fully saturated rings. The number of carbonyl (C=O) groups excluding carboxylic acids is 1. The highest BCUT2D eigenvalue weighted by Gasteiger charge is 2.35. The van der Waals surface area contributed by atoms with Gasteiger partial charge < -0.3 is 4.74 Å². The van der Waals surface area contributed by atoms with Gasteiger partial charge in [-0.1, -0.05) is 30.0 Å². The van der Waals surface area contributed by atoms with Crippen molar-refractivity contribution in [1.29, 1.82) is 0 Å². The quantitative estimate of drug-likeness (QED) is 0.0999. The monoisotopic (exact) mass is 455 g/mol. The second-order valence-corrected chi connectivity index (χ2v) is 7.49. The zero-order valence-electron chi connectivity index (χ0n) is 14.3. The highest BCUT2D eigenvalue weighted by Crippen LogP contribution is 2.28. The van der Waals surface area contributed by atoms with Gasteiger partial charge >= 0.3 is 16.1 Å². The highest BCUT2D eigenvalue weighted by atomic mass is 32.2. The molecular formula is C16H10F5NO5S2. The van der Waals surface area contributed by atoms with E-state index in [0.717, 1.165) is 0 Å². The Balaban J connectivity index is 2.45. The smallest absolute Gasteiger partial charge is 0.367 e. The van der Waals surface area contributed by atoms with Gasteiger partial charge in [-0.3, -0.25) is 4.28 Å². The summed E-state index contributed by atoms with van der Waals surface area (Å²) in [5, 5.41) is 2.29. The van der Waals surface area contributed by atoms with E-state index in [9.17, 15) is 35.2 Å². The predicted octanol–water partition coefficient (Wildman–Crippen LogP) is 3.76. The van der Waals surface area contributed by atoms with Crippen LogP contribution in [0.25, 0.3) is 0 Å². The molecule has 0 radical (unpaired) electrons. The maximum Gasteiger partial charge on any atom is 0.367 e. The van der Waals surface area contributed by atoms with E-state index in [4.69, 9.17) is 0 Å². The Morgan fingerprint density at radius 3 is 2.00 bits per heavy atom. The van der Waals surface area contributed by atoms with Crippen LogP contribution in [0.5, 0.6) is 0 Å². The van der Waals surface area contributed by atoms with Crippen LogP contribution in [0.3, 0.4) is 0 Å². The molecule has 0 unspecified atom stereocenters. The van der Waals surface area contributed by atoms with Crippen molar-refractivity contribution in [2.24, 2.45) is 5.16 Å². The first-order valence-electron chi connectivity index (χ1n) is 7.53. The van der Waals surface area contributed by atoms with E-state index < -0.39 is 55.1 Å². The van der Waals surface area contributed by atoms with Gasteiger partial charge in [-0.05, 0) is 24.2 Å². The van der Waals surface area contributed by atoms with E-state index >= 15 is 0 Å². The molecule has 13 heteroatoms. The number of benzene rings is 2. The molecule has 2 aromatic rings. The van der Waals surface area contributed by atoms with Crippen molar-refractivity contribution in [2.75, 3.05) is 6.61 Å². The van der Waals surface area contributed by atoms with Crippen molar-refractivity contribution >= 4 is 32.9 Å². The minimum atomic E-state index is -5.62. The number of thioether (sulfide) groups is 1. The maximum atomic E-state index is 13.7. The zero-order chi connectivity index (χ0) is 21.8. The molecule has 0 saturated heterocycles. The number of rotatable bonds is 5. The third-order valence-corrected chi connectivity index (χ3v) is 5.12. The van der Waals surface area contributed by atoms with Gasteiger partial charge in [-0.25, -0.2) is 26.7 Å². The summed E-state index contributed by atoms with van der Waals surface area (Å²) in [7, 11) is -5.62. The molecular weight excluding hydrogens is 445 g/mol. The molecule has 6 nitrogen and oxygen atoms in total. The van der Waals surface area contributed by atoms with Gasteiger partial charge in [0.25, 0.3) is 0 Å². The zero-order valence-corrected chi connectivity index (χ0v) is 15.9. The number of ether oxygens (including phenoxy) is 1. The number of hydrogen-bond acceptors (Lipinski definition) is 7. The lowest BCUT2D eigenvalue weighted by Crippen LogP contribution is -2.18. The van der Waals surface area contributed by atoms with Crippen LogP contribution in [0.4, 0.5) is 22.0 Å². The summed E-state index contributed by atoms with van der Waals surface area (Å²) in [5.74, 6) is -13.9. The van der Waals surface area contributed by atoms with Crippen molar-refractivity contribution in [3.8, 4) is 0 Å². The van der Waals surface area contributed by atoms with Crippen molar-refractivity contribution < 1.29 is 44.2 Å². The Labute approximate surface area is 165 Å². The average Bonchev–Trinajstić information content (AvgIpc) is 2.69. The van der Waals surface area contributed by atoms with E-state index in [-0.39, 0.29) is 6.61 Å². The second-order valence-electron chi connectivity index (χ2n) is 4.96. The minimum absolute atomic E-state index is 0.127. The SMILES string of the molecule is CCOC(=O)/C(=N/OS(=O)(=O)c1c(F)c(F)c(F)c(F)c1F)Sc1ccccc1. The minimum Gasteiger partial charge on any atom is -0.461 e. The standard InChI is InChI=1S/C16H10F5NO5S2/c1-2-26-16(23)15(28-8-6-4-3-5-7-8)22-27-29(24,25)14-12(20)10(18)9(17)11(19)13(14)21/h3-7H,2H2,1H3/b22-15-. The molecule has 0 bridgehead atoms. The van der Waals surface area contributed by atoms with E-state index in [1.165, 1.54) is 19.1 Å². The molecule has 2 rings (SSSR count). The molecule has 0 atom stereocenters. The van der Waals surface area contributed by atoms with Crippen LogP contribution in [0.2, 0.25) is 0 Å². The molecule has 0 aromatic heterocycles. The van der Waals surface area contributed by atoms with E-state index in [1.807, 2.05) is 0 Å². The fraction of sp³-hybridized carbons (Fsp3) is 0.125. The Bertz CT molecular complexity index is 1030. The first-order chi connectivity index (χ1) is 13.6. The number of esters is 1. The summed E-state index contributed by atoms with van der Waals surface area (Å²) in [6, 6.07) is 7.83. The molecule has 0 spiro atoms. The van der Waals surface area contributed by atoms with Crippen molar-refractivity contribution in [3.05, 3.63) is 59.4 Å². The molecule has 156 valence electrons. The molecule has 0 amide bonds. The highest BCUT2D eigenvalue weighted by molar-refractivity contribution is 8.15. The number of oxime groups is 1. The third-order valence-electron chi connectivity index (χ3n) is 3.05. The van der Waals surface area contributed by atoms with Gasteiger partial charge in [0.1, 0.15) is 0 Å². The molecule has 29 heavy (non-hydrogen) atoms. The second kappa shape index (κ2) is 9.22. The van der Waals surface area contributed by atoms with Crippen LogP contribution >= 0.6 is 11.8 Å². The lowest BCUT2D eigenvalue weighted by Gasteiger charge is -2.08. The van der Waals surface area contributed by atoms with Crippen LogP contribution in [0, 0.1) is 29.1 Å². The summed E-state index contributed by atoms with van der Waals surface area (Å²) >= 11 is 0.580. The molecule has 0 aliphatic heterocycles. The van der Waals surface area contributed by atoms with Gasteiger partial charge in [0.2, 0.25) is 10.9 Å². The topological polar surface area (TPSA) is 82.0 Å². The summed E-state index contributed by atoms with van der Waals surface area (Å²) in [5.41, 5.74) is 0. The summed E-state index contributed by atoms with van der Waals surface area (Å²) < 4.78 is 99.7. The first kappa shape index (κ1) is 22.6. The number of halogens is 5. The lowest BCUT2D eigenvalue weighted by molar-refractivity contribution is -0.134.